The van der Waals surface area contributed by atoms with Gasteiger partial charge in [0.2, 0.25) is 0 Å². The molecule has 1 atom stereocenters. The van der Waals surface area contributed by atoms with Gasteiger partial charge in [-0.15, -0.1) is 0 Å². The summed E-state index contributed by atoms with van der Waals surface area (Å²) in [5, 5.41) is 9.04. The molecule has 1 aromatic carbocycles. The summed E-state index contributed by atoms with van der Waals surface area (Å²) in [4.78, 5) is 0. The van der Waals surface area contributed by atoms with E-state index in [1.165, 1.54) is 0 Å². The molecule has 0 radical (unpaired) electrons. The van der Waals surface area contributed by atoms with Gasteiger partial charge in [0.05, 0.1) is 12.6 Å². The molecule has 15 heavy (non-hydrogen) atoms. The fraction of sp³-hybridized carbons (Fsp3) is 0.455. The maximum Gasteiger partial charge on any atom is 0.166 e. The van der Waals surface area contributed by atoms with E-state index in [4.69, 9.17) is 20.3 Å². The molecule has 1 aliphatic rings. The molecule has 1 aromatic rings. The number of rotatable bonds is 2. The van der Waals surface area contributed by atoms with Gasteiger partial charge in [0.1, 0.15) is 13.2 Å². The van der Waals surface area contributed by atoms with E-state index in [0.717, 1.165) is 16.9 Å². The van der Waals surface area contributed by atoms with Crippen LogP contribution in [0.15, 0.2) is 12.1 Å². The zero-order valence-electron chi connectivity index (χ0n) is 8.69. The van der Waals surface area contributed by atoms with Crippen molar-refractivity contribution in [1.82, 2.24) is 0 Å². The van der Waals surface area contributed by atoms with Gasteiger partial charge in [0, 0.05) is 5.56 Å². The van der Waals surface area contributed by atoms with Crippen LogP contribution >= 0.6 is 0 Å². The van der Waals surface area contributed by atoms with Gasteiger partial charge in [-0.1, -0.05) is 12.1 Å². The first-order valence-corrected chi connectivity index (χ1v) is 4.99. The minimum Gasteiger partial charge on any atom is -0.486 e. The van der Waals surface area contributed by atoms with E-state index >= 15 is 0 Å². The van der Waals surface area contributed by atoms with Crippen molar-refractivity contribution in [3.8, 4) is 11.5 Å². The number of aryl methyl sites for hydroxylation is 1. The Morgan fingerprint density at radius 1 is 1.33 bits per heavy atom. The van der Waals surface area contributed by atoms with Crippen LogP contribution in [0.3, 0.4) is 0 Å². The maximum atomic E-state index is 9.04. The van der Waals surface area contributed by atoms with Crippen molar-refractivity contribution in [3.05, 3.63) is 23.3 Å². The van der Waals surface area contributed by atoms with Crippen molar-refractivity contribution in [2.75, 3.05) is 19.8 Å². The van der Waals surface area contributed by atoms with Crippen LogP contribution in [0.5, 0.6) is 11.5 Å². The first-order valence-electron chi connectivity index (χ1n) is 4.99. The molecule has 82 valence electrons. The second-order valence-electron chi connectivity index (χ2n) is 3.62. The van der Waals surface area contributed by atoms with Gasteiger partial charge in [-0.25, -0.2) is 0 Å². The summed E-state index contributed by atoms with van der Waals surface area (Å²) in [7, 11) is 0. The highest BCUT2D eigenvalue weighted by Gasteiger charge is 2.21. The average Bonchev–Trinajstić information content (AvgIpc) is 2.29. The minimum atomic E-state index is -0.416. The normalized spacial score (nSPS) is 16.2. The van der Waals surface area contributed by atoms with E-state index in [1.807, 2.05) is 19.1 Å². The fourth-order valence-corrected chi connectivity index (χ4v) is 1.68. The summed E-state index contributed by atoms with van der Waals surface area (Å²) in [6.45, 7) is 2.95. The standard InChI is InChI=1S/C11H15NO3/c1-7-2-3-8(9(12)6-13)11-10(7)14-4-5-15-11/h2-3,9,13H,4-6,12H2,1H3. The lowest BCUT2D eigenvalue weighted by atomic mass is 10.0. The van der Waals surface area contributed by atoms with Crippen LogP contribution < -0.4 is 15.2 Å². The van der Waals surface area contributed by atoms with E-state index in [0.29, 0.717) is 19.0 Å². The number of benzene rings is 1. The summed E-state index contributed by atoms with van der Waals surface area (Å²) in [6.07, 6.45) is 0. The summed E-state index contributed by atoms with van der Waals surface area (Å²) in [6, 6.07) is 3.39. The average molecular weight is 209 g/mol. The molecule has 1 heterocycles. The second kappa shape index (κ2) is 4.08. The maximum absolute atomic E-state index is 9.04. The second-order valence-corrected chi connectivity index (χ2v) is 3.62. The van der Waals surface area contributed by atoms with Gasteiger partial charge in [-0.2, -0.15) is 0 Å². The van der Waals surface area contributed by atoms with Crippen LogP contribution in [0.25, 0.3) is 0 Å². The SMILES string of the molecule is Cc1ccc(C(N)CO)c2c1OCCO2. The third-order valence-corrected chi connectivity index (χ3v) is 2.51. The number of ether oxygens (including phenoxy) is 2. The number of fused-ring (bicyclic) bond motifs is 1. The molecule has 0 amide bonds. The number of hydrogen-bond acceptors (Lipinski definition) is 4. The van der Waals surface area contributed by atoms with E-state index in [-0.39, 0.29) is 6.61 Å². The topological polar surface area (TPSA) is 64.7 Å². The molecular formula is C11H15NO3. The molecule has 0 fully saturated rings. The molecule has 0 spiro atoms. The van der Waals surface area contributed by atoms with Gasteiger partial charge in [0.15, 0.2) is 11.5 Å². The van der Waals surface area contributed by atoms with Crippen molar-refractivity contribution in [1.29, 1.82) is 0 Å². The number of aliphatic hydroxyl groups is 1. The predicted molar refractivity (Wildman–Crippen MR) is 56.2 cm³/mol. The van der Waals surface area contributed by atoms with Crippen molar-refractivity contribution in [2.45, 2.75) is 13.0 Å². The monoisotopic (exact) mass is 209 g/mol. The van der Waals surface area contributed by atoms with Gasteiger partial charge in [-0.05, 0) is 12.5 Å². The van der Waals surface area contributed by atoms with Crippen molar-refractivity contribution < 1.29 is 14.6 Å². The Labute approximate surface area is 88.6 Å². The van der Waals surface area contributed by atoms with Crippen molar-refractivity contribution >= 4 is 0 Å². The first kappa shape index (κ1) is 10.3. The van der Waals surface area contributed by atoms with Crippen LogP contribution in [0.2, 0.25) is 0 Å². The molecule has 0 saturated carbocycles. The summed E-state index contributed by atoms with van der Waals surface area (Å²) in [5.41, 5.74) is 7.61. The van der Waals surface area contributed by atoms with Crippen molar-refractivity contribution in [2.24, 2.45) is 5.73 Å². The molecule has 0 saturated heterocycles. The Balaban J connectivity index is 2.48. The molecular weight excluding hydrogens is 194 g/mol. The van der Waals surface area contributed by atoms with E-state index in [9.17, 15) is 0 Å². The first-order chi connectivity index (χ1) is 7.24. The Morgan fingerprint density at radius 3 is 2.67 bits per heavy atom. The van der Waals surface area contributed by atoms with Crippen LogP contribution in [0.4, 0.5) is 0 Å². The molecule has 1 aliphatic heterocycles. The minimum absolute atomic E-state index is 0.0984. The highest BCUT2D eigenvalue weighted by molar-refractivity contribution is 5.53. The smallest absolute Gasteiger partial charge is 0.166 e. The van der Waals surface area contributed by atoms with E-state index < -0.39 is 6.04 Å². The van der Waals surface area contributed by atoms with Gasteiger partial charge >= 0.3 is 0 Å². The Bertz CT molecular complexity index is 365. The van der Waals surface area contributed by atoms with Gasteiger partial charge in [-0.3, -0.25) is 0 Å². The number of hydrogen-bond donors (Lipinski definition) is 2. The Kier molecular flexibility index (Phi) is 2.79. The number of nitrogens with two attached hydrogens (primary N) is 1. The third kappa shape index (κ3) is 1.78. The van der Waals surface area contributed by atoms with Crippen LogP contribution in [-0.2, 0) is 0 Å². The summed E-state index contributed by atoms with van der Waals surface area (Å²) in [5.74, 6) is 1.44. The highest BCUT2D eigenvalue weighted by Crippen LogP contribution is 2.38. The Morgan fingerprint density at radius 2 is 2.00 bits per heavy atom. The molecule has 2 rings (SSSR count). The molecule has 4 nitrogen and oxygen atoms in total. The van der Waals surface area contributed by atoms with Crippen LogP contribution in [0, 0.1) is 6.92 Å². The summed E-state index contributed by atoms with van der Waals surface area (Å²) < 4.78 is 11.1. The number of aliphatic hydroxyl groups excluding tert-OH is 1. The van der Waals surface area contributed by atoms with Gasteiger partial charge < -0.3 is 20.3 Å². The molecule has 0 aliphatic carbocycles. The fourth-order valence-electron chi connectivity index (χ4n) is 1.68. The lowest BCUT2D eigenvalue weighted by molar-refractivity contribution is 0.166. The highest BCUT2D eigenvalue weighted by atomic mass is 16.6. The molecule has 1 unspecified atom stereocenters. The molecule has 0 aromatic heterocycles. The van der Waals surface area contributed by atoms with Crippen LogP contribution in [-0.4, -0.2) is 24.9 Å². The largest absolute Gasteiger partial charge is 0.486 e. The lowest BCUT2D eigenvalue weighted by Crippen LogP contribution is -2.21. The molecule has 0 bridgehead atoms. The lowest BCUT2D eigenvalue weighted by Gasteiger charge is -2.24. The van der Waals surface area contributed by atoms with E-state index in [2.05, 4.69) is 0 Å². The van der Waals surface area contributed by atoms with Crippen LogP contribution in [0.1, 0.15) is 17.2 Å². The quantitative estimate of drug-likeness (QED) is 0.754. The Hall–Kier alpha value is -1.26. The van der Waals surface area contributed by atoms with Crippen molar-refractivity contribution in [3.63, 3.8) is 0 Å². The zero-order chi connectivity index (χ0) is 10.8. The molecule has 3 N–H and O–H groups in total. The third-order valence-electron chi connectivity index (χ3n) is 2.51. The predicted octanol–water partition coefficient (Wildman–Crippen LogP) is 0.758. The van der Waals surface area contributed by atoms with E-state index in [1.54, 1.807) is 0 Å². The summed E-state index contributed by atoms with van der Waals surface area (Å²) >= 11 is 0. The molecule has 4 heteroatoms. The van der Waals surface area contributed by atoms with Gasteiger partial charge in [0.25, 0.3) is 0 Å². The zero-order valence-corrected chi connectivity index (χ0v) is 8.69.